The lowest BCUT2D eigenvalue weighted by Crippen LogP contribution is -2.19. The molecule has 0 N–H and O–H groups in total. The molecule has 98 valence electrons. The third-order valence-electron chi connectivity index (χ3n) is 4.39. The summed E-state index contributed by atoms with van der Waals surface area (Å²) in [5.41, 5.74) is 2.68. The maximum absolute atomic E-state index is 10.8. The zero-order chi connectivity index (χ0) is 13.5. The van der Waals surface area contributed by atoms with Gasteiger partial charge in [0.1, 0.15) is 16.9 Å². The Morgan fingerprint density at radius 3 is 2.68 bits per heavy atom. The average Bonchev–Trinajstić information content (AvgIpc) is 2.98. The molecule has 1 saturated carbocycles. The summed E-state index contributed by atoms with van der Waals surface area (Å²) in [6, 6.07) is 6.13. The van der Waals surface area contributed by atoms with Gasteiger partial charge in [-0.1, -0.05) is 31.0 Å². The van der Waals surface area contributed by atoms with Crippen molar-refractivity contribution < 1.29 is 9.21 Å². The summed E-state index contributed by atoms with van der Waals surface area (Å²) in [4.78, 5) is 15.0. The molecule has 0 atom stereocenters. The Labute approximate surface area is 112 Å². The SMILES string of the molecule is Cc1oc2c(C3(N=C=O)CCCC3)cccc2c1C. The van der Waals surface area contributed by atoms with E-state index < -0.39 is 5.54 Å². The highest BCUT2D eigenvalue weighted by molar-refractivity contribution is 5.85. The van der Waals surface area contributed by atoms with E-state index in [2.05, 4.69) is 18.0 Å². The zero-order valence-electron chi connectivity index (χ0n) is 11.3. The van der Waals surface area contributed by atoms with Crippen molar-refractivity contribution in [3.8, 4) is 0 Å². The number of furan rings is 1. The van der Waals surface area contributed by atoms with Crippen molar-refractivity contribution in [2.75, 3.05) is 0 Å². The van der Waals surface area contributed by atoms with E-state index in [0.29, 0.717) is 0 Å². The van der Waals surface area contributed by atoms with Crippen LogP contribution in [0.25, 0.3) is 11.0 Å². The van der Waals surface area contributed by atoms with Gasteiger partial charge in [-0.25, -0.2) is 4.79 Å². The summed E-state index contributed by atoms with van der Waals surface area (Å²) in [7, 11) is 0. The number of aliphatic imine (C=N–C) groups is 1. The van der Waals surface area contributed by atoms with Gasteiger partial charge in [-0.2, -0.15) is 4.99 Å². The van der Waals surface area contributed by atoms with Crippen molar-refractivity contribution in [3.63, 3.8) is 0 Å². The van der Waals surface area contributed by atoms with Gasteiger partial charge in [0, 0.05) is 10.9 Å². The van der Waals surface area contributed by atoms with Gasteiger partial charge in [-0.15, -0.1) is 0 Å². The highest BCUT2D eigenvalue weighted by Gasteiger charge is 2.38. The van der Waals surface area contributed by atoms with E-state index in [4.69, 9.17) is 4.42 Å². The summed E-state index contributed by atoms with van der Waals surface area (Å²) in [6.45, 7) is 4.04. The Kier molecular flexibility index (Phi) is 2.79. The predicted molar refractivity (Wildman–Crippen MR) is 74.0 cm³/mol. The van der Waals surface area contributed by atoms with E-state index >= 15 is 0 Å². The van der Waals surface area contributed by atoms with E-state index in [1.807, 2.05) is 19.1 Å². The van der Waals surface area contributed by atoms with Crippen LogP contribution >= 0.6 is 0 Å². The van der Waals surface area contributed by atoms with E-state index in [1.165, 1.54) is 5.56 Å². The molecule has 0 unspecified atom stereocenters. The minimum atomic E-state index is -0.419. The van der Waals surface area contributed by atoms with Crippen LogP contribution in [0.3, 0.4) is 0 Å². The first-order valence-corrected chi connectivity index (χ1v) is 6.76. The topological polar surface area (TPSA) is 42.6 Å². The zero-order valence-corrected chi connectivity index (χ0v) is 11.3. The lowest BCUT2D eigenvalue weighted by Gasteiger charge is -2.22. The Hall–Kier alpha value is -1.86. The first-order chi connectivity index (χ1) is 9.18. The molecule has 1 fully saturated rings. The van der Waals surface area contributed by atoms with E-state index in [-0.39, 0.29) is 0 Å². The van der Waals surface area contributed by atoms with Crippen molar-refractivity contribution in [2.45, 2.75) is 45.1 Å². The number of isocyanates is 1. The van der Waals surface area contributed by atoms with Gasteiger partial charge < -0.3 is 4.42 Å². The van der Waals surface area contributed by atoms with E-state index in [0.717, 1.165) is 48.0 Å². The molecule has 1 aliphatic carbocycles. The fourth-order valence-corrected chi connectivity index (χ4v) is 3.22. The van der Waals surface area contributed by atoms with Crippen LogP contribution in [-0.2, 0) is 10.3 Å². The standard InChI is InChI=1S/C16H17NO2/c1-11-12(2)19-15-13(11)6-5-7-14(15)16(17-10-18)8-3-4-9-16/h5-7H,3-4,8-9H2,1-2H3. The second-order valence-corrected chi connectivity index (χ2v) is 5.41. The van der Waals surface area contributed by atoms with Crippen molar-refractivity contribution in [3.05, 3.63) is 35.1 Å². The summed E-state index contributed by atoms with van der Waals surface area (Å²) in [5.74, 6) is 0.936. The van der Waals surface area contributed by atoms with Crippen LogP contribution in [0.15, 0.2) is 27.6 Å². The average molecular weight is 255 g/mol. The normalized spacial score (nSPS) is 17.6. The molecule has 0 aliphatic heterocycles. The number of benzene rings is 1. The van der Waals surface area contributed by atoms with Crippen LogP contribution in [-0.4, -0.2) is 6.08 Å². The first-order valence-electron chi connectivity index (χ1n) is 6.76. The molecule has 3 rings (SSSR count). The molecule has 0 saturated heterocycles. The molecule has 1 aromatic carbocycles. The van der Waals surface area contributed by atoms with Crippen molar-refractivity contribution in [2.24, 2.45) is 4.99 Å². The van der Waals surface area contributed by atoms with Crippen LogP contribution in [0.1, 0.15) is 42.6 Å². The minimum absolute atomic E-state index is 0.419. The largest absolute Gasteiger partial charge is 0.461 e. The molecule has 1 aromatic heterocycles. The van der Waals surface area contributed by atoms with Gasteiger partial charge in [-0.05, 0) is 32.3 Å². The van der Waals surface area contributed by atoms with Crippen molar-refractivity contribution in [1.29, 1.82) is 0 Å². The van der Waals surface area contributed by atoms with E-state index in [9.17, 15) is 4.79 Å². The predicted octanol–water partition coefficient (Wildman–Crippen LogP) is 4.15. The lowest BCUT2D eigenvalue weighted by molar-refractivity contribution is 0.449. The highest BCUT2D eigenvalue weighted by Crippen LogP contribution is 2.45. The van der Waals surface area contributed by atoms with Crippen molar-refractivity contribution in [1.82, 2.24) is 0 Å². The smallest absolute Gasteiger partial charge is 0.235 e. The lowest BCUT2D eigenvalue weighted by atomic mass is 9.87. The Morgan fingerprint density at radius 1 is 1.26 bits per heavy atom. The fourth-order valence-electron chi connectivity index (χ4n) is 3.22. The molecule has 2 aromatic rings. The second kappa shape index (κ2) is 4.36. The van der Waals surface area contributed by atoms with Gasteiger partial charge >= 0.3 is 0 Å². The number of para-hydroxylation sites is 1. The molecule has 3 heteroatoms. The number of hydrogen-bond acceptors (Lipinski definition) is 3. The number of fused-ring (bicyclic) bond motifs is 1. The summed E-state index contributed by atoms with van der Waals surface area (Å²) < 4.78 is 5.92. The molecular formula is C16H17NO2. The van der Waals surface area contributed by atoms with Gasteiger partial charge in [0.25, 0.3) is 0 Å². The van der Waals surface area contributed by atoms with Gasteiger partial charge in [0.05, 0.1) is 0 Å². The summed E-state index contributed by atoms with van der Waals surface area (Å²) in [5, 5.41) is 1.13. The summed E-state index contributed by atoms with van der Waals surface area (Å²) >= 11 is 0. The maximum atomic E-state index is 10.8. The molecule has 1 heterocycles. The van der Waals surface area contributed by atoms with Gasteiger partial charge in [0.2, 0.25) is 6.08 Å². The molecule has 0 amide bonds. The monoisotopic (exact) mass is 255 g/mol. The third-order valence-corrected chi connectivity index (χ3v) is 4.39. The van der Waals surface area contributed by atoms with Crippen LogP contribution < -0.4 is 0 Å². The quantitative estimate of drug-likeness (QED) is 0.597. The van der Waals surface area contributed by atoms with Gasteiger partial charge in [0.15, 0.2) is 0 Å². The molecule has 0 bridgehead atoms. The molecular weight excluding hydrogens is 238 g/mol. The molecule has 19 heavy (non-hydrogen) atoms. The molecule has 0 spiro atoms. The van der Waals surface area contributed by atoms with Crippen LogP contribution in [0.4, 0.5) is 0 Å². The minimum Gasteiger partial charge on any atom is -0.461 e. The fraction of sp³-hybridized carbons (Fsp3) is 0.438. The third kappa shape index (κ3) is 1.73. The number of aryl methyl sites for hydroxylation is 2. The molecule has 0 radical (unpaired) electrons. The number of hydrogen-bond donors (Lipinski definition) is 0. The Balaban J connectivity index is 2.30. The number of carbonyl (C=O) groups excluding carboxylic acids is 1. The van der Waals surface area contributed by atoms with Crippen LogP contribution in [0.2, 0.25) is 0 Å². The Bertz CT molecular complexity index is 671. The number of nitrogens with zero attached hydrogens (tertiary/aromatic N) is 1. The van der Waals surface area contributed by atoms with Crippen LogP contribution in [0, 0.1) is 13.8 Å². The second-order valence-electron chi connectivity index (χ2n) is 5.41. The molecule has 3 nitrogen and oxygen atoms in total. The van der Waals surface area contributed by atoms with E-state index in [1.54, 1.807) is 6.08 Å². The number of rotatable bonds is 2. The molecule has 1 aliphatic rings. The maximum Gasteiger partial charge on any atom is 0.235 e. The summed E-state index contributed by atoms with van der Waals surface area (Å²) in [6.07, 6.45) is 5.77. The highest BCUT2D eigenvalue weighted by atomic mass is 16.3. The van der Waals surface area contributed by atoms with Crippen molar-refractivity contribution >= 4 is 17.0 Å². The Morgan fingerprint density at radius 2 is 2.00 bits per heavy atom. The first kappa shape index (κ1) is 12.2. The van der Waals surface area contributed by atoms with Crippen LogP contribution in [0.5, 0.6) is 0 Å². The van der Waals surface area contributed by atoms with Gasteiger partial charge in [-0.3, -0.25) is 0 Å².